The van der Waals surface area contributed by atoms with Gasteiger partial charge in [0.25, 0.3) is 0 Å². The molecular formula is C33H70N2. The van der Waals surface area contributed by atoms with Crippen molar-refractivity contribution in [3.05, 3.63) is 0 Å². The number of rotatable bonds is 30. The van der Waals surface area contributed by atoms with Gasteiger partial charge in [-0.1, -0.05) is 187 Å². The Labute approximate surface area is 223 Å². The SMILES string of the molecule is CCCCCCCCCCCCCCCCC(N)C(N)CCCCCCCCCCCCCCC. The lowest BCUT2D eigenvalue weighted by Gasteiger charge is -2.19. The van der Waals surface area contributed by atoms with Gasteiger partial charge in [-0.3, -0.25) is 0 Å². The zero-order valence-electron chi connectivity index (χ0n) is 24.8. The molecule has 0 rings (SSSR count). The van der Waals surface area contributed by atoms with Crippen molar-refractivity contribution in [2.45, 2.75) is 212 Å². The Morgan fingerprint density at radius 3 is 0.657 bits per heavy atom. The van der Waals surface area contributed by atoms with Crippen LogP contribution in [0.1, 0.15) is 200 Å². The lowest BCUT2D eigenvalue weighted by Crippen LogP contribution is -2.41. The Balaban J connectivity index is 3.27. The van der Waals surface area contributed by atoms with Crippen molar-refractivity contribution >= 4 is 0 Å². The van der Waals surface area contributed by atoms with Gasteiger partial charge in [-0.2, -0.15) is 0 Å². The van der Waals surface area contributed by atoms with Gasteiger partial charge in [0.05, 0.1) is 0 Å². The van der Waals surface area contributed by atoms with Crippen molar-refractivity contribution in [1.29, 1.82) is 0 Å². The number of hydrogen-bond acceptors (Lipinski definition) is 2. The fraction of sp³-hybridized carbons (Fsp3) is 1.00. The molecule has 2 nitrogen and oxygen atoms in total. The molecule has 2 atom stereocenters. The molecule has 0 aliphatic carbocycles. The first-order chi connectivity index (χ1) is 17.2. The Morgan fingerprint density at radius 2 is 0.457 bits per heavy atom. The molecule has 0 aromatic carbocycles. The summed E-state index contributed by atoms with van der Waals surface area (Å²) in [5.74, 6) is 0. The summed E-state index contributed by atoms with van der Waals surface area (Å²) in [6.45, 7) is 4.59. The molecule has 0 fully saturated rings. The van der Waals surface area contributed by atoms with Crippen molar-refractivity contribution in [2.24, 2.45) is 11.5 Å². The summed E-state index contributed by atoms with van der Waals surface area (Å²) in [5.41, 5.74) is 12.8. The standard InChI is InChI=1S/C33H70N2/c1-3-5-7-9-11-13-15-17-19-21-23-25-27-29-31-33(35)32(34)30-28-26-24-22-20-18-16-14-12-10-8-6-4-2/h32-33H,3-31,34-35H2,1-2H3. The first kappa shape index (κ1) is 34.9. The summed E-state index contributed by atoms with van der Waals surface area (Å²) in [6.07, 6.45) is 40.4. The minimum atomic E-state index is 0.213. The fourth-order valence-corrected chi connectivity index (χ4v) is 5.40. The number of unbranched alkanes of at least 4 members (excludes halogenated alkanes) is 25. The summed E-state index contributed by atoms with van der Waals surface area (Å²) in [5, 5.41) is 0. The van der Waals surface area contributed by atoms with Crippen LogP contribution < -0.4 is 11.5 Å². The third-order valence-electron chi connectivity index (χ3n) is 8.08. The lowest BCUT2D eigenvalue weighted by atomic mass is 9.96. The summed E-state index contributed by atoms with van der Waals surface area (Å²) < 4.78 is 0. The molecule has 0 bridgehead atoms. The highest BCUT2D eigenvalue weighted by Gasteiger charge is 2.12. The topological polar surface area (TPSA) is 52.0 Å². The monoisotopic (exact) mass is 495 g/mol. The summed E-state index contributed by atoms with van der Waals surface area (Å²) >= 11 is 0. The smallest absolute Gasteiger partial charge is 0.0192 e. The molecule has 0 saturated carbocycles. The first-order valence-electron chi connectivity index (χ1n) is 16.7. The van der Waals surface area contributed by atoms with E-state index in [0.29, 0.717) is 0 Å². The molecule has 0 aromatic rings. The molecule has 0 saturated heterocycles. The highest BCUT2D eigenvalue weighted by atomic mass is 14.8. The van der Waals surface area contributed by atoms with E-state index in [9.17, 15) is 0 Å². The third-order valence-corrected chi connectivity index (χ3v) is 8.08. The molecule has 212 valence electrons. The third kappa shape index (κ3) is 28.3. The second kappa shape index (κ2) is 30.1. The van der Waals surface area contributed by atoms with Crippen molar-refractivity contribution in [3.8, 4) is 0 Å². The van der Waals surface area contributed by atoms with E-state index in [0.717, 1.165) is 12.8 Å². The molecule has 0 aliphatic heterocycles. The fourth-order valence-electron chi connectivity index (χ4n) is 5.40. The maximum atomic E-state index is 6.39. The summed E-state index contributed by atoms with van der Waals surface area (Å²) in [4.78, 5) is 0. The van der Waals surface area contributed by atoms with Crippen molar-refractivity contribution in [3.63, 3.8) is 0 Å². The van der Waals surface area contributed by atoms with Crippen LogP contribution in [0, 0.1) is 0 Å². The van der Waals surface area contributed by atoms with Gasteiger partial charge >= 0.3 is 0 Å². The van der Waals surface area contributed by atoms with Gasteiger partial charge in [-0.15, -0.1) is 0 Å². The van der Waals surface area contributed by atoms with Crippen molar-refractivity contribution < 1.29 is 0 Å². The zero-order chi connectivity index (χ0) is 25.7. The van der Waals surface area contributed by atoms with Gasteiger partial charge in [0, 0.05) is 12.1 Å². The van der Waals surface area contributed by atoms with E-state index < -0.39 is 0 Å². The molecule has 0 heterocycles. The Hall–Kier alpha value is -0.0800. The predicted octanol–water partition coefficient (Wildman–Crippen LogP) is 11.0. The molecule has 35 heavy (non-hydrogen) atoms. The zero-order valence-corrected chi connectivity index (χ0v) is 24.8. The van der Waals surface area contributed by atoms with Crippen LogP contribution in [0.4, 0.5) is 0 Å². The molecule has 2 unspecified atom stereocenters. The van der Waals surface area contributed by atoms with Gasteiger partial charge in [-0.25, -0.2) is 0 Å². The number of nitrogens with two attached hydrogens (primary N) is 2. The van der Waals surface area contributed by atoms with E-state index in [2.05, 4.69) is 13.8 Å². The van der Waals surface area contributed by atoms with Crippen LogP contribution in [0.15, 0.2) is 0 Å². The highest BCUT2D eigenvalue weighted by molar-refractivity contribution is 4.75. The largest absolute Gasteiger partial charge is 0.326 e. The first-order valence-corrected chi connectivity index (χ1v) is 16.7. The van der Waals surface area contributed by atoms with E-state index in [1.165, 1.54) is 173 Å². The molecule has 0 aromatic heterocycles. The van der Waals surface area contributed by atoms with Crippen molar-refractivity contribution in [1.82, 2.24) is 0 Å². The normalized spacial score (nSPS) is 13.4. The maximum Gasteiger partial charge on any atom is 0.0192 e. The van der Waals surface area contributed by atoms with Gasteiger partial charge in [0.2, 0.25) is 0 Å². The highest BCUT2D eigenvalue weighted by Crippen LogP contribution is 2.16. The van der Waals surface area contributed by atoms with E-state index in [4.69, 9.17) is 11.5 Å². The molecular weight excluding hydrogens is 424 g/mol. The van der Waals surface area contributed by atoms with E-state index in [1.54, 1.807) is 0 Å². The van der Waals surface area contributed by atoms with Crippen LogP contribution in [0.5, 0.6) is 0 Å². The van der Waals surface area contributed by atoms with Gasteiger partial charge in [0.1, 0.15) is 0 Å². The second-order valence-electron chi connectivity index (χ2n) is 11.7. The van der Waals surface area contributed by atoms with Crippen LogP contribution in [-0.4, -0.2) is 12.1 Å². The molecule has 2 heteroatoms. The van der Waals surface area contributed by atoms with Crippen LogP contribution in [0.2, 0.25) is 0 Å². The number of hydrogen-bond donors (Lipinski definition) is 2. The predicted molar refractivity (Wildman–Crippen MR) is 161 cm³/mol. The van der Waals surface area contributed by atoms with E-state index in [-0.39, 0.29) is 12.1 Å². The Morgan fingerprint density at radius 1 is 0.286 bits per heavy atom. The average molecular weight is 495 g/mol. The van der Waals surface area contributed by atoms with Crippen LogP contribution in [0.25, 0.3) is 0 Å². The molecule has 0 radical (unpaired) electrons. The second-order valence-corrected chi connectivity index (χ2v) is 11.7. The molecule has 0 amide bonds. The van der Waals surface area contributed by atoms with Gasteiger partial charge in [0.15, 0.2) is 0 Å². The molecule has 0 aliphatic rings. The Kier molecular flexibility index (Phi) is 30.1. The summed E-state index contributed by atoms with van der Waals surface area (Å²) in [7, 11) is 0. The average Bonchev–Trinajstić information content (AvgIpc) is 2.86. The quantitative estimate of drug-likeness (QED) is 0.0975. The lowest BCUT2D eigenvalue weighted by molar-refractivity contribution is 0.428. The van der Waals surface area contributed by atoms with Crippen molar-refractivity contribution in [2.75, 3.05) is 0 Å². The molecule has 0 spiro atoms. The van der Waals surface area contributed by atoms with E-state index in [1.807, 2.05) is 0 Å². The van der Waals surface area contributed by atoms with E-state index >= 15 is 0 Å². The van der Waals surface area contributed by atoms with Crippen LogP contribution in [-0.2, 0) is 0 Å². The van der Waals surface area contributed by atoms with Gasteiger partial charge in [-0.05, 0) is 12.8 Å². The maximum absolute atomic E-state index is 6.39. The molecule has 4 N–H and O–H groups in total. The van der Waals surface area contributed by atoms with Crippen LogP contribution in [0.3, 0.4) is 0 Å². The summed E-state index contributed by atoms with van der Waals surface area (Å²) in [6, 6.07) is 0.425. The van der Waals surface area contributed by atoms with Crippen LogP contribution >= 0.6 is 0 Å². The minimum absolute atomic E-state index is 0.213. The Bertz CT molecular complexity index is 370. The van der Waals surface area contributed by atoms with Gasteiger partial charge < -0.3 is 11.5 Å². The minimum Gasteiger partial charge on any atom is -0.326 e.